The first-order valence-electron chi connectivity index (χ1n) is 5.45. The normalized spacial score (nSPS) is 10.1. The number of nitrogens with one attached hydrogen (secondary N) is 1. The molecule has 0 radical (unpaired) electrons. The summed E-state index contributed by atoms with van der Waals surface area (Å²) in [5, 5.41) is 20.6. The van der Waals surface area contributed by atoms with Crippen LogP contribution in [0.5, 0.6) is 0 Å². The predicted octanol–water partition coefficient (Wildman–Crippen LogP) is 3.98. The van der Waals surface area contributed by atoms with Gasteiger partial charge in [0.15, 0.2) is 0 Å². The van der Waals surface area contributed by atoms with Crippen molar-refractivity contribution in [2.75, 3.05) is 5.32 Å². The first-order chi connectivity index (χ1) is 8.38. The molecule has 0 heterocycles. The largest absolute Gasteiger partial charge is 0.359 e. The van der Waals surface area contributed by atoms with Crippen LogP contribution in [0.1, 0.15) is 26.3 Å². The van der Waals surface area contributed by atoms with Crippen molar-refractivity contribution < 1.29 is 0 Å². The molecule has 1 aromatic carbocycles. The summed E-state index contributed by atoms with van der Waals surface area (Å²) in [5.74, 6) is 0. The molecule has 0 fully saturated rings. The smallest absolute Gasteiger partial charge is 0.145 e. The Morgan fingerprint density at radius 3 is 2.33 bits per heavy atom. The number of nitrogens with zero attached hydrogens (tertiary/aromatic N) is 2. The third-order valence-electron chi connectivity index (χ3n) is 2.45. The molecule has 4 heteroatoms. The molecule has 3 nitrogen and oxygen atoms in total. The highest BCUT2D eigenvalue weighted by Gasteiger charge is 2.14. The number of anilines is 1. The van der Waals surface area contributed by atoms with Crippen molar-refractivity contribution in [2.24, 2.45) is 0 Å². The van der Waals surface area contributed by atoms with Gasteiger partial charge in [-0.25, -0.2) is 0 Å². The van der Waals surface area contributed by atoms with Crippen LogP contribution in [-0.4, -0.2) is 0 Å². The molecule has 0 atom stereocenters. The molecule has 1 aromatic rings. The third-order valence-corrected chi connectivity index (χ3v) is 2.76. The molecule has 0 aliphatic carbocycles. The van der Waals surface area contributed by atoms with Crippen molar-refractivity contribution in [3.8, 4) is 12.1 Å². The number of halogens is 1. The standard InChI is InChI=1S/C14H14ClN3/c1-14(2,3)11-4-5-13(12(15)6-11)18-9-10(7-16)8-17/h4-6,9,18H,1-3H3. The summed E-state index contributed by atoms with van der Waals surface area (Å²) in [6, 6.07) is 9.24. The lowest BCUT2D eigenvalue weighted by molar-refractivity contribution is 0.590. The van der Waals surface area contributed by atoms with Crippen molar-refractivity contribution in [3.05, 3.63) is 40.6 Å². The molecule has 0 aromatic heterocycles. The van der Waals surface area contributed by atoms with Crippen LogP contribution < -0.4 is 5.32 Å². The topological polar surface area (TPSA) is 59.6 Å². The number of benzene rings is 1. The van der Waals surface area contributed by atoms with E-state index in [1.807, 2.05) is 18.2 Å². The van der Waals surface area contributed by atoms with Gasteiger partial charge in [-0.05, 0) is 23.1 Å². The molecule has 0 amide bonds. The second kappa shape index (κ2) is 5.58. The van der Waals surface area contributed by atoms with Crippen LogP contribution in [0, 0.1) is 22.7 Å². The zero-order valence-corrected chi connectivity index (χ0v) is 11.3. The van der Waals surface area contributed by atoms with Crippen LogP contribution >= 0.6 is 11.6 Å². The quantitative estimate of drug-likeness (QED) is 0.817. The number of rotatable bonds is 2. The first kappa shape index (κ1) is 14.1. The first-order valence-corrected chi connectivity index (χ1v) is 5.83. The van der Waals surface area contributed by atoms with Gasteiger partial charge in [0.2, 0.25) is 0 Å². The lowest BCUT2D eigenvalue weighted by atomic mass is 9.87. The van der Waals surface area contributed by atoms with Crippen LogP contribution in [0.2, 0.25) is 5.02 Å². The van der Waals surface area contributed by atoms with E-state index >= 15 is 0 Å². The number of hydrogen-bond acceptors (Lipinski definition) is 3. The zero-order chi connectivity index (χ0) is 13.8. The Balaban J connectivity index is 2.99. The average molecular weight is 260 g/mol. The number of allylic oxidation sites excluding steroid dienone is 1. The van der Waals surface area contributed by atoms with E-state index in [1.165, 1.54) is 6.20 Å². The Hall–Kier alpha value is -1.97. The molecule has 18 heavy (non-hydrogen) atoms. The van der Waals surface area contributed by atoms with Gasteiger partial charge in [0.25, 0.3) is 0 Å². The highest BCUT2D eigenvalue weighted by Crippen LogP contribution is 2.29. The van der Waals surface area contributed by atoms with Crippen molar-refractivity contribution >= 4 is 17.3 Å². The minimum atomic E-state index is 0.00552. The van der Waals surface area contributed by atoms with Gasteiger partial charge < -0.3 is 5.32 Å². The molecule has 0 saturated heterocycles. The van der Waals surface area contributed by atoms with E-state index in [0.717, 1.165) is 5.56 Å². The summed E-state index contributed by atoms with van der Waals surface area (Å²) in [5.41, 5.74) is 1.84. The molecular weight excluding hydrogens is 246 g/mol. The van der Waals surface area contributed by atoms with Gasteiger partial charge in [0, 0.05) is 6.20 Å². The van der Waals surface area contributed by atoms with Gasteiger partial charge >= 0.3 is 0 Å². The third kappa shape index (κ3) is 3.52. The van der Waals surface area contributed by atoms with Crippen LogP contribution in [0.3, 0.4) is 0 Å². The van der Waals surface area contributed by atoms with Gasteiger partial charge in [-0.2, -0.15) is 10.5 Å². The summed E-state index contributed by atoms with van der Waals surface area (Å²) in [7, 11) is 0. The summed E-state index contributed by atoms with van der Waals surface area (Å²) in [6.45, 7) is 6.32. The van der Waals surface area contributed by atoms with E-state index < -0.39 is 0 Å². The second-order valence-corrected chi connectivity index (χ2v) is 5.28. The maximum Gasteiger partial charge on any atom is 0.145 e. The van der Waals surface area contributed by atoms with Gasteiger partial charge in [0.1, 0.15) is 17.7 Å². The van der Waals surface area contributed by atoms with Crippen LogP contribution in [0.25, 0.3) is 0 Å². The maximum absolute atomic E-state index is 8.61. The molecule has 0 unspecified atom stereocenters. The predicted molar refractivity (Wildman–Crippen MR) is 73.1 cm³/mol. The molecule has 0 saturated carbocycles. The Morgan fingerprint density at radius 2 is 1.89 bits per heavy atom. The molecule has 0 aliphatic rings. The van der Waals surface area contributed by atoms with E-state index in [0.29, 0.717) is 10.7 Å². The van der Waals surface area contributed by atoms with E-state index in [4.69, 9.17) is 22.1 Å². The fourth-order valence-corrected chi connectivity index (χ4v) is 1.57. The fraction of sp³-hybridized carbons (Fsp3) is 0.286. The van der Waals surface area contributed by atoms with Crippen LogP contribution in [-0.2, 0) is 5.41 Å². The molecule has 1 rings (SSSR count). The molecular formula is C14H14ClN3. The Kier molecular flexibility index (Phi) is 4.37. The van der Waals surface area contributed by atoms with Crippen molar-refractivity contribution in [1.82, 2.24) is 0 Å². The van der Waals surface area contributed by atoms with Crippen molar-refractivity contribution in [3.63, 3.8) is 0 Å². The fourth-order valence-electron chi connectivity index (χ4n) is 1.34. The van der Waals surface area contributed by atoms with E-state index in [-0.39, 0.29) is 11.0 Å². The van der Waals surface area contributed by atoms with Crippen molar-refractivity contribution in [2.45, 2.75) is 26.2 Å². The van der Waals surface area contributed by atoms with Gasteiger partial charge in [-0.15, -0.1) is 0 Å². The SMILES string of the molecule is CC(C)(C)c1ccc(NC=C(C#N)C#N)c(Cl)c1. The highest BCUT2D eigenvalue weighted by molar-refractivity contribution is 6.33. The van der Waals surface area contributed by atoms with E-state index in [2.05, 4.69) is 26.1 Å². The molecule has 92 valence electrons. The van der Waals surface area contributed by atoms with Gasteiger partial charge in [-0.1, -0.05) is 38.4 Å². The lowest BCUT2D eigenvalue weighted by Crippen LogP contribution is -2.10. The summed E-state index contributed by atoms with van der Waals surface area (Å²) >= 11 is 6.15. The second-order valence-electron chi connectivity index (χ2n) is 4.87. The Bertz CT molecular complexity index is 538. The Labute approximate surface area is 112 Å². The summed E-state index contributed by atoms with van der Waals surface area (Å²) in [4.78, 5) is 0. The van der Waals surface area contributed by atoms with Crippen molar-refractivity contribution in [1.29, 1.82) is 10.5 Å². The maximum atomic E-state index is 8.61. The van der Waals surface area contributed by atoms with Gasteiger partial charge in [0.05, 0.1) is 10.7 Å². The number of hydrogen-bond donors (Lipinski definition) is 1. The van der Waals surface area contributed by atoms with Crippen LogP contribution in [0.4, 0.5) is 5.69 Å². The molecule has 0 aliphatic heterocycles. The molecule has 1 N–H and O–H groups in total. The minimum Gasteiger partial charge on any atom is -0.359 e. The lowest BCUT2D eigenvalue weighted by Gasteiger charge is -2.20. The molecule has 0 spiro atoms. The van der Waals surface area contributed by atoms with E-state index in [1.54, 1.807) is 12.1 Å². The van der Waals surface area contributed by atoms with Gasteiger partial charge in [-0.3, -0.25) is 0 Å². The summed E-state index contributed by atoms with van der Waals surface area (Å²) in [6.07, 6.45) is 1.35. The average Bonchev–Trinajstić information content (AvgIpc) is 2.30. The number of nitriles is 2. The monoisotopic (exact) mass is 259 g/mol. The Morgan fingerprint density at radius 1 is 1.28 bits per heavy atom. The molecule has 0 bridgehead atoms. The highest BCUT2D eigenvalue weighted by atomic mass is 35.5. The zero-order valence-electron chi connectivity index (χ0n) is 10.6. The minimum absolute atomic E-state index is 0.00552. The summed E-state index contributed by atoms with van der Waals surface area (Å²) < 4.78 is 0. The van der Waals surface area contributed by atoms with E-state index in [9.17, 15) is 0 Å². The van der Waals surface area contributed by atoms with Crippen LogP contribution in [0.15, 0.2) is 30.0 Å².